The molecule has 2 fully saturated rings. The standard InChI is InChI=1S/C23H22FN3O4/c24-19-10-17-20(11-21(19)27-8-1-2-15(27)12-25-7-9-27)26(13-18(22(17)29)23(30)31)14-3-5-16(28)6-4-14/h3-6,10-11,13,15,25H,1-2,7-9,12H2,(H-,28,30,31)/p+1. The summed E-state index contributed by atoms with van der Waals surface area (Å²) in [6, 6.07) is 9.41. The molecule has 160 valence electrons. The van der Waals surface area contributed by atoms with Crippen molar-refractivity contribution in [2.75, 3.05) is 26.2 Å². The van der Waals surface area contributed by atoms with Gasteiger partial charge >= 0.3 is 5.97 Å². The van der Waals surface area contributed by atoms with E-state index in [1.165, 1.54) is 24.4 Å². The van der Waals surface area contributed by atoms with Gasteiger partial charge in [0.25, 0.3) is 0 Å². The molecule has 3 N–H and O–H groups in total. The Hall–Kier alpha value is -3.23. The number of aromatic nitrogens is 1. The summed E-state index contributed by atoms with van der Waals surface area (Å²) in [4.78, 5) is 24.6. The van der Waals surface area contributed by atoms with Crippen molar-refractivity contribution in [2.45, 2.75) is 18.9 Å². The Morgan fingerprint density at radius 3 is 2.71 bits per heavy atom. The van der Waals surface area contributed by atoms with Crippen molar-refractivity contribution < 1.29 is 19.4 Å². The maximum Gasteiger partial charge on any atom is 0.341 e. The number of hydrogen-bond donors (Lipinski definition) is 3. The normalized spacial score (nSPS) is 23.1. The molecule has 2 aromatic carbocycles. The van der Waals surface area contributed by atoms with Crippen LogP contribution in [0.1, 0.15) is 23.2 Å². The Bertz CT molecular complexity index is 1250. The molecular weight excluding hydrogens is 401 g/mol. The number of benzene rings is 2. The number of phenolic OH excluding ortho intramolecular Hbond substituents is 1. The summed E-state index contributed by atoms with van der Waals surface area (Å²) in [5.41, 5.74) is 0.434. The predicted octanol–water partition coefficient (Wildman–Crippen LogP) is 2.61. The van der Waals surface area contributed by atoms with Gasteiger partial charge in [0, 0.05) is 43.9 Å². The molecule has 0 spiro atoms. The molecule has 3 aromatic rings. The molecule has 2 aliphatic rings. The van der Waals surface area contributed by atoms with Gasteiger partial charge in [0.1, 0.15) is 17.4 Å². The Morgan fingerprint density at radius 2 is 1.97 bits per heavy atom. The number of quaternary nitrogens is 1. The van der Waals surface area contributed by atoms with Gasteiger partial charge < -0.3 is 20.1 Å². The zero-order valence-electron chi connectivity index (χ0n) is 16.8. The van der Waals surface area contributed by atoms with Gasteiger partial charge in [-0.05, 0) is 30.3 Å². The summed E-state index contributed by atoms with van der Waals surface area (Å²) in [6.45, 7) is 3.21. The second-order valence-corrected chi connectivity index (χ2v) is 8.37. The van der Waals surface area contributed by atoms with Crippen LogP contribution in [-0.4, -0.2) is 53.0 Å². The number of rotatable bonds is 3. The zero-order valence-corrected chi connectivity index (χ0v) is 16.8. The molecule has 31 heavy (non-hydrogen) atoms. The van der Waals surface area contributed by atoms with Crippen molar-refractivity contribution >= 4 is 22.6 Å². The first-order valence-electron chi connectivity index (χ1n) is 10.4. The van der Waals surface area contributed by atoms with Crippen LogP contribution in [0.5, 0.6) is 5.75 Å². The highest BCUT2D eigenvalue weighted by atomic mass is 19.1. The van der Waals surface area contributed by atoms with Gasteiger partial charge in [-0.15, -0.1) is 0 Å². The molecule has 2 atom stereocenters. The van der Waals surface area contributed by atoms with Crippen LogP contribution in [-0.2, 0) is 0 Å². The molecule has 2 aliphatic heterocycles. The van der Waals surface area contributed by atoms with Crippen LogP contribution in [0.15, 0.2) is 47.4 Å². The van der Waals surface area contributed by atoms with Crippen LogP contribution in [0, 0.1) is 5.82 Å². The Balaban J connectivity index is 1.82. The van der Waals surface area contributed by atoms with Crippen molar-refractivity contribution in [3.8, 4) is 11.4 Å². The summed E-state index contributed by atoms with van der Waals surface area (Å²) >= 11 is 0. The molecule has 2 unspecified atom stereocenters. The third kappa shape index (κ3) is 3.02. The lowest BCUT2D eigenvalue weighted by Crippen LogP contribution is -2.63. The number of aromatic carboxylic acids is 1. The Morgan fingerprint density at radius 1 is 1.19 bits per heavy atom. The minimum atomic E-state index is -1.37. The van der Waals surface area contributed by atoms with Crippen LogP contribution in [0.3, 0.4) is 0 Å². The van der Waals surface area contributed by atoms with E-state index < -0.39 is 22.8 Å². The van der Waals surface area contributed by atoms with Crippen LogP contribution < -0.4 is 15.2 Å². The molecule has 0 aliphatic carbocycles. The van der Waals surface area contributed by atoms with Crippen molar-refractivity contribution in [2.24, 2.45) is 0 Å². The van der Waals surface area contributed by atoms with E-state index in [1.54, 1.807) is 22.8 Å². The fourth-order valence-corrected chi connectivity index (χ4v) is 5.25. The third-order valence-corrected chi connectivity index (χ3v) is 6.77. The number of hydrogen-bond acceptors (Lipinski definition) is 4. The average Bonchev–Trinajstić information content (AvgIpc) is 3.19. The van der Waals surface area contributed by atoms with Crippen LogP contribution in [0.2, 0.25) is 0 Å². The first-order chi connectivity index (χ1) is 14.9. The number of pyridine rings is 1. The number of nitrogens with zero attached hydrogens (tertiary/aromatic N) is 2. The van der Waals surface area contributed by atoms with E-state index in [9.17, 15) is 19.8 Å². The number of nitrogens with one attached hydrogen (secondary N) is 1. The molecule has 0 radical (unpaired) electrons. The largest absolute Gasteiger partial charge is 0.508 e. The lowest BCUT2D eigenvalue weighted by Gasteiger charge is -2.43. The second-order valence-electron chi connectivity index (χ2n) is 8.37. The predicted molar refractivity (Wildman–Crippen MR) is 116 cm³/mol. The van der Waals surface area contributed by atoms with Crippen LogP contribution in [0.25, 0.3) is 16.6 Å². The quantitative estimate of drug-likeness (QED) is 0.563. The van der Waals surface area contributed by atoms with E-state index in [2.05, 4.69) is 5.32 Å². The highest BCUT2D eigenvalue weighted by Gasteiger charge is 2.47. The fraction of sp³-hybridized carbons (Fsp3) is 0.304. The van der Waals surface area contributed by atoms with Gasteiger partial charge in [-0.25, -0.2) is 9.18 Å². The van der Waals surface area contributed by atoms with Crippen molar-refractivity contribution in [3.05, 3.63) is 64.2 Å². The van der Waals surface area contributed by atoms with Gasteiger partial charge in [-0.1, -0.05) is 0 Å². The number of fused-ring (bicyclic) bond motifs is 2. The number of carbonyl (C=O) groups is 1. The van der Waals surface area contributed by atoms with Gasteiger partial charge in [0.2, 0.25) is 5.43 Å². The monoisotopic (exact) mass is 424 g/mol. The number of phenols is 1. The summed E-state index contributed by atoms with van der Waals surface area (Å²) in [7, 11) is 0. The van der Waals surface area contributed by atoms with Gasteiger partial charge in [-0.3, -0.25) is 9.28 Å². The van der Waals surface area contributed by atoms with E-state index >= 15 is 4.39 Å². The van der Waals surface area contributed by atoms with Crippen molar-refractivity contribution in [1.82, 2.24) is 14.4 Å². The van der Waals surface area contributed by atoms with Crippen molar-refractivity contribution in [3.63, 3.8) is 0 Å². The number of piperazine rings is 1. The smallest absolute Gasteiger partial charge is 0.341 e. The SMILES string of the molecule is O=C(O)c1cn(-c2ccc(O)cc2)c2cc([N+]34CCCC3CNCC4)c(F)cc2c1=O. The Labute approximate surface area is 177 Å². The van der Waals surface area contributed by atoms with E-state index in [1.807, 2.05) is 0 Å². The molecular formula is C23H23FN3O4+. The van der Waals surface area contributed by atoms with E-state index in [0.717, 1.165) is 39.0 Å². The summed E-state index contributed by atoms with van der Waals surface area (Å²) in [5, 5.41) is 22.6. The number of carboxylic acids is 1. The molecule has 3 heterocycles. The highest BCUT2D eigenvalue weighted by molar-refractivity contribution is 5.94. The lowest BCUT2D eigenvalue weighted by molar-refractivity contribution is 0.0695. The fourth-order valence-electron chi connectivity index (χ4n) is 5.25. The molecule has 1 aromatic heterocycles. The van der Waals surface area contributed by atoms with E-state index in [-0.39, 0.29) is 17.2 Å². The third-order valence-electron chi connectivity index (χ3n) is 6.77. The van der Waals surface area contributed by atoms with Crippen molar-refractivity contribution in [1.29, 1.82) is 0 Å². The molecule has 0 saturated carbocycles. The maximum absolute atomic E-state index is 15.5. The van der Waals surface area contributed by atoms with Crippen LogP contribution in [0.4, 0.5) is 10.1 Å². The molecule has 7 nitrogen and oxygen atoms in total. The average molecular weight is 424 g/mol. The summed E-state index contributed by atoms with van der Waals surface area (Å²) < 4.78 is 17.6. The summed E-state index contributed by atoms with van der Waals surface area (Å²) in [5.74, 6) is -1.77. The first-order valence-corrected chi connectivity index (χ1v) is 10.4. The number of aromatic hydroxyl groups is 1. The second kappa shape index (κ2) is 7.18. The van der Waals surface area contributed by atoms with E-state index in [0.29, 0.717) is 21.4 Å². The zero-order chi connectivity index (χ0) is 21.8. The van der Waals surface area contributed by atoms with Crippen LogP contribution >= 0.6 is 0 Å². The lowest BCUT2D eigenvalue weighted by atomic mass is 10.0. The van der Waals surface area contributed by atoms with Gasteiger partial charge in [0.05, 0.1) is 24.0 Å². The minimum absolute atomic E-state index is 0.0262. The molecule has 2 saturated heterocycles. The number of carboxylic acid groups (broad SMARTS) is 1. The molecule has 5 rings (SSSR count). The maximum atomic E-state index is 15.5. The van der Waals surface area contributed by atoms with Gasteiger partial charge in [0.15, 0.2) is 11.5 Å². The topological polar surface area (TPSA) is 91.6 Å². The van der Waals surface area contributed by atoms with Gasteiger partial charge in [-0.2, -0.15) is 0 Å². The Kier molecular flexibility index (Phi) is 4.56. The number of halogens is 1. The molecule has 0 bridgehead atoms. The first kappa shape index (κ1) is 19.7. The molecule has 0 amide bonds. The van der Waals surface area contributed by atoms with E-state index in [4.69, 9.17) is 0 Å². The molecule has 8 heteroatoms. The minimum Gasteiger partial charge on any atom is -0.508 e. The summed E-state index contributed by atoms with van der Waals surface area (Å²) in [6.07, 6.45) is 3.29. The highest BCUT2D eigenvalue weighted by Crippen LogP contribution is 2.39.